The van der Waals surface area contributed by atoms with Gasteiger partial charge in [-0.3, -0.25) is 4.79 Å². The van der Waals surface area contributed by atoms with Gasteiger partial charge in [-0.15, -0.1) is 11.3 Å². The number of rotatable bonds is 1. The summed E-state index contributed by atoms with van der Waals surface area (Å²) in [4.78, 5) is 15.2. The van der Waals surface area contributed by atoms with E-state index in [4.69, 9.17) is 0 Å². The fraction of sp³-hybridized carbons (Fsp3) is 0.545. The highest BCUT2D eigenvalue weighted by Crippen LogP contribution is 2.26. The number of carbonyl (C=O) groups is 1. The van der Waals surface area contributed by atoms with Crippen LogP contribution in [0.2, 0.25) is 0 Å². The van der Waals surface area contributed by atoms with Crippen molar-refractivity contribution in [3.63, 3.8) is 0 Å². The van der Waals surface area contributed by atoms with E-state index in [9.17, 15) is 4.79 Å². The zero-order valence-corrected chi connectivity index (χ0v) is 11.8. The molecule has 16 heavy (non-hydrogen) atoms. The van der Waals surface area contributed by atoms with E-state index < -0.39 is 0 Å². The average Bonchev–Trinajstić information content (AvgIpc) is 2.64. The van der Waals surface area contributed by atoms with Crippen LogP contribution < -0.4 is 5.32 Å². The van der Waals surface area contributed by atoms with E-state index in [-0.39, 0.29) is 18.0 Å². The van der Waals surface area contributed by atoms with Gasteiger partial charge in [0, 0.05) is 29.6 Å². The lowest BCUT2D eigenvalue weighted by atomic mass is 10.1. The Labute approximate surface area is 108 Å². The molecular formula is C11H15BrN2OS. The number of nitrogens with one attached hydrogen (secondary N) is 1. The van der Waals surface area contributed by atoms with Gasteiger partial charge in [-0.1, -0.05) is 0 Å². The zero-order chi connectivity index (χ0) is 11.7. The number of hydrogen-bond acceptors (Lipinski definition) is 3. The molecule has 3 nitrogen and oxygen atoms in total. The van der Waals surface area contributed by atoms with Gasteiger partial charge >= 0.3 is 0 Å². The fourth-order valence-electron chi connectivity index (χ4n) is 2.10. The third-order valence-corrected chi connectivity index (χ3v) is 4.70. The van der Waals surface area contributed by atoms with Crippen molar-refractivity contribution in [2.24, 2.45) is 0 Å². The molecule has 1 fully saturated rings. The molecule has 2 atom stereocenters. The van der Waals surface area contributed by atoms with Crippen LogP contribution >= 0.6 is 27.3 Å². The fourth-order valence-corrected chi connectivity index (χ4v) is 3.58. The third-order valence-electron chi connectivity index (χ3n) is 2.88. The van der Waals surface area contributed by atoms with Crippen LogP contribution in [0, 0.1) is 0 Å². The Bertz CT molecular complexity index is 383. The minimum Gasteiger partial charge on any atom is -0.330 e. The van der Waals surface area contributed by atoms with Crippen molar-refractivity contribution >= 4 is 33.2 Å². The highest BCUT2D eigenvalue weighted by molar-refractivity contribution is 9.10. The van der Waals surface area contributed by atoms with E-state index in [0.717, 1.165) is 22.4 Å². The van der Waals surface area contributed by atoms with Crippen molar-refractivity contribution in [3.8, 4) is 0 Å². The van der Waals surface area contributed by atoms with Gasteiger partial charge in [-0.25, -0.2) is 0 Å². The van der Waals surface area contributed by atoms with Crippen LogP contribution in [-0.2, 0) is 0 Å². The van der Waals surface area contributed by atoms with Crippen molar-refractivity contribution in [2.45, 2.75) is 25.9 Å². The number of thiophene rings is 1. The minimum atomic E-state index is 0.142. The van der Waals surface area contributed by atoms with Gasteiger partial charge in [0.05, 0.1) is 0 Å². The Morgan fingerprint density at radius 2 is 2.12 bits per heavy atom. The smallest absolute Gasteiger partial charge is 0.265 e. The second kappa shape index (κ2) is 4.85. The predicted octanol–water partition coefficient (Wildman–Crippen LogP) is 2.33. The maximum Gasteiger partial charge on any atom is 0.265 e. The van der Waals surface area contributed by atoms with E-state index in [2.05, 4.69) is 35.1 Å². The summed E-state index contributed by atoms with van der Waals surface area (Å²) in [5.74, 6) is 0.142. The van der Waals surface area contributed by atoms with Crippen LogP contribution in [0.15, 0.2) is 15.9 Å². The Kier molecular flexibility index (Phi) is 3.66. The third kappa shape index (κ3) is 2.17. The SMILES string of the molecule is CC1CNCC(C)N1C(=O)c1sccc1Br. The molecule has 1 aromatic heterocycles. The van der Waals surface area contributed by atoms with E-state index in [1.165, 1.54) is 11.3 Å². The van der Waals surface area contributed by atoms with Crippen molar-refractivity contribution in [1.82, 2.24) is 10.2 Å². The molecule has 2 unspecified atom stereocenters. The van der Waals surface area contributed by atoms with E-state index in [1.54, 1.807) is 0 Å². The quantitative estimate of drug-likeness (QED) is 0.863. The molecule has 2 heterocycles. The van der Waals surface area contributed by atoms with Gasteiger partial charge < -0.3 is 10.2 Å². The summed E-state index contributed by atoms with van der Waals surface area (Å²) in [6.45, 7) is 5.92. The van der Waals surface area contributed by atoms with E-state index in [1.807, 2.05) is 16.3 Å². The molecule has 88 valence electrons. The number of hydrogen-bond donors (Lipinski definition) is 1. The molecule has 1 aromatic rings. The summed E-state index contributed by atoms with van der Waals surface area (Å²) >= 11 is 4.92. The molecule has 0 aromatic carbocycles. The number of carbonyl (C=O) groups excluding carboxylic acids is 1. The molecule has 5 heteroatoms. The van der Waals surface area contributed by atoms with Gasteiger partial charge in [0.15, 0.2) is 0 Å². The number of nitrogens with zero attached hydrogens (tertiary/aromatic N) is 1. The molecule has 1 saturated heterocycles. The van der Waals surface area contributed by atoms with Crippen LogP contribution in [0.3, 0.4) is 0 Å². The second-order valence-electron chi connectivity index (χ2n) is 4.17. The lowest BCUT2D eigenvalue weighted by molar-refractivity contribution is 0.0549. The van der Waals surface area contributed by atoms with Gasteiger partial charge in [0.1, 0.15) is 4.88 Å². The Hall–Kier alpha value is -0.390. The van der Waals surface area contributed by atoms with Crippen LogP contribution in [0.25, 0.3) is 0 Å². The van der Waals surface area contributed by atoms with Gasteiger partial charge in [0.2, 0.25) is 0 Å². The Balaban J connectivity index is 2.23. The largest absolute Gasteiger partial charge is 0.330 e. The molecule has 0 saturated carbocycles. The molecule has 0 spiro atoms. The Morgan fingerprint density at radius 1 is 1.50 bits per heavy atom. The molecule has 1 amide bonds. The predicted molar refractivity (Wildman–Crippen MR) is 70.0 cm³/mol. The molecule has 0 bridgehead atoms. The Morgan fingerprint density at radius 3 is 2.62 bits per heavy atom. The van der Waals surface area contributed by atoms with Crippen LogP contribution in [0.5, 0.6) is 0 Å². The first-order valence-electron chi connectivity index (χ1n) is 5.37. The molecule has 0 radical (unpaired) electrons. The first-order valence-corrected chi connectivity index (χ1v) is 7.05. The monoisotopic (exact) mass is 302 g/mol. The van der Waals surface area contributed by atoms with Gasteiger partial charge in [-0.2, -0.15) is 0 Å². The van der Waals surface area contributed by atoms with Gasteiger partial charge in [-0.05, 0) is 41.2 Å². The average molecular weight is 303 g/mol. The summed E-state index contributed by atoms with van der Waals surface area (Å²) in [5, 5.41) is 5.27. The first-order chi connectivity index (χ1) is 7.61. The van der Waals surface area contributed by atoms with E-state index in [0.29, 0.717) is 0 Å². The number of piperazine rings is 1. The van der Waals surface area contributed by atoms with Crippen LogP contribution in [0.4, 0.5) is 0 Å². The van der Waals surface area contributed by atoms with Crippen molar-refractivity contribution in [1.29, 1.82) is 0 Å². The maximum absolute atomic E-state index is 12.4. The highest BCUT2D eigenvalue weighted by atomic mass is 79.9. The summed E-state index contributed by atoms with van der Waals surface area (Å²) in [7, 11) is 0. The molecule has 2 rings (SSSR count). The summed E-state index contributed by atoms with van der Waals surface area (Å²) in [5.41, 5.74) is 0. The molecule has 1 aliphatic rings. The minimum absolute atomic E-state index is 0.142. The highest BCUT2D eigenvalue weighted by Gasteiger charge is 2.30. The second-order valence-corrected chi connectivity index (χ2v) is 5.94. The van der Waals surface area contributed by atoms with Crippen molar-refractivity contribution in [2.75, 3.05) is 13.1 Å². The van der Waals surface area contributed by atoms with Crippen LogP contribution in [-0.4, -0.2) is 36.0 Å². The maximum atomic E-state index is 12.4. The summed E-state index contributed by atoms with van der Waals surface area (Å²) in [6, 6.07) is 2.44. The summed E-state index contributed by atoms with van der Waals surface area (Å²) < 4.78 is 0.903. The van der Waals surface area contributed by atoms with E-state index >= 15 is 0 Å². The lowest BCUT2D eigenvalue weighted by Crippen LogP contribution is -2.57. The number of amides is 1. The zero-order valence-electron chi connectivity index (χ0n) is 9.37. The standard InChI is InChI=1S/C11H15BrN2OS/c1-7-5-13-6-8(2)14(7)11(15)10-9(12)3-4-16-10/h3-4,7-8,13H,5-6H2,1-2H3. The van der Waals surface area contributed by atoms with Crippen LogP contribution in [0.1, 0.15) is 23.5 Å². The molecule has 1 N–H and O–H groups in total. The topological polar surface area (TPSA) is 32.3 Å². The molecule has 0 aliphatic carbocycles. The summed E-state index contributed by atoms with van der Waals surface area (Å²) in [6.07, 6.45) is 0. The number of halogens is 1. The van der Waals surface area contributed by atoms with Crippen molar-refractivity contribution < 1.29 is 4.79 Å². The normalized spacial score (nSPS) is 25.8. The van der Waals surface area contributed by atoms with Crippen molar-refractivity contribution in [3.05, 3.63) is 20.8 Å². The molecular weight excluding hydrogens is 288 g/mol. The van der Waals surface area contributed by atoms with Gasteiger partial charge in [0.25, 0.3) is 5.91 Å². The first kappa shape index (κ1) is 12.1. The molecule has 1 aliphatic heterocycles. The lowest BCUT2D eigenvalue weighted by Gasteiger charge is -2.39.